The highest BCUT2D eigenvalue weighted by molar-refractivity contribution is 7.89. The molecule has 5 rings (SSSR count). The molecule has 1 aromatic heterocycles. The van der Waals surface area contributed by atoms with Crippen molar-refractivity contribution in [2.24, 2.45) is 0 Å². The molecule has 0 radical (unpaired) electrons. The zero-order valence-corrected chi connectivity index (χ0v) is 18.0. The molecule has 0 atom stereocenters. The number of hydrogen-bond acceptors (Lipinski definition) is 5. The zero-order chi connectivity index (χ0) is 21.4. The fourth-order valence-corrected chi connectivity index (χ4v) is 5.34. The minimum absolute atomic E-state index is 0.00586. The minimum atomic E-state index is -3.62. The highest BCUT2D eigenvalue weighted by atomic mass is 32.2. The maximum absolute atomic E-state index is 12.7. The van der Waals surface area contributed by atoms with Gasteiger partial charge in [0.1, 0.15) is 0 Å². The number of benzene rings is 3. The molecule has 156 valence electrons. The molecule has 1 aliphatic carbocycles. The van der Waals surface area contributed by atoms with Crippen molar-refractivity contribution in [1.82, 2.24) is 9.71 Å². The Hall–Kier alpha value is -3.07. The molecule has 1 fully saturated rings. The lowest BCUT2D eigenvalue weighted by Crippen LogP contribution is -2.26. The Bertz CT molecular complexity index is 1390. The van der Waals surface area contributed by atoms with Crippen molar-refractivity contribution >= 4 is 43.2 Å². The predicted molar refractivity (Wildman–Crippen MR) is 123 cm³/mol. The number of nitrogens with one attached hydrogen (secondary N) is 2. The van der Waals surface area contributed by atoms with Crippen LogP contribution in [0.1, 0.15) is 23.2 Å². The highest BCUT2D eigenvalue weighted by Gasteiger charge is 2.28. The Labute approximate surface area is 184 Å². The number of carbonyl (C=O) groups is 1. The highest BCUT2D eigenvalue weighted by Crippen LogP contribution is 2.28. The molecule has 3 aromatic carbocycles. The molecule has 0 saturated heterocycles. The first-order valence-electron chi connectivity index (χ1n) is 9.86. The Morgan fingerprint density at radius 3 is 2.58 bits per heavy atom. The van der Waals surface area contributed by atoms with Crippen LogP contribution < -0.4 is 10.0 Å². The van der Waals surface area contributed by atoms with Gasteiger partial charge in [-0.05, 0) is 47.9 Å². The number of fused-ring (bicyclic) bond motifs is 1. The number of rotatable bonds is 6. The number of aromatic nitrogens is 1. The molecule has 0 bridgehead atoms. The summed E-state index contributed by atoms with van der Waals surface area (Å²) in [5, 5.41) is 7.39. The van der Waals surface area contributed by atoms with E-state index in [2.05, 4.69) is 27.2 Å². The van der Waals surface area contributed by atoms with E-state index in [-0.39, 0.29) is 16.5 Å². The second-order valence-corrected chi connectivity index (χ2v) is 10.0. The molecule has 31 heavy (non-hydrogen) atoms. The molecule has 0 aliphatic heterocycles. The fraction of sp³-hybridized carbons (Fsp3) is 0.130. The largest absolute Gasteiger partial charge is 0.298 e. The molecule has 2 N–H and O–H groups in total. The van der Waals surface area contributed by atoms with Crippen molar-refractivity contribution in [2.75, 3.05) is 5.32 Å². The predicted octanol–water partition coefficient (Wildman–Crippen LogP) is 4.66. The lowest BCUT2D eigenvalue weighted by molar-refractivity contribution is 0.102. The Morgan fingerprint density at radius 1 is 0.968 bits per heavy atom. The number of sulfonamides is 1. The third kappa shape index (κ3) is 4.36. The van der Waals surface area contributed by atoms with Gasteiger partial charge in [0.15, 0.2) is 5.13 Å². The number of amides is 1. The van der Waals surface area contributed by atoms with Crippen LogP contribution in [0.4, 0.5) is 5.13 Å². The molecule has 1 aliphatic rings. The number of anilines is 1. The molecule has 1 amide bonds. The van der Waals surface area contributed by atoms with Gasteiger partial charge in [-0.2, -0.15) is 0 Å². The van der Waals surface area contributed by atoms with E-state index in [4.69, 9.17) is 0 Å². The van der Waals surface area contributed by atoms with Crippen molar-refractivity contribution in [3.05, 3.63) is 77.7 Å². The van der Waals surface area contributed by atoms with Crippen LogP contribution in [-0.4, -0.2) is 25.4 Å². The summed E-state index contributed by atoms with van der Waals surface area (Å²) in [4.78, 5) is 17.3. The average Bonchev–Trinajstić information content (AvgIpc) is 3.46. The van der Waals surface area contributed by atoms with E-state index in [9.17, 15) is 13.2 Å². The van der Waals surface area contributed by atoms with Gasteiger partial charge in [-0.15, -0.1) is 11.3 Å². The third-order valence-corrected chi connectivity index (χ3v) is 7.35. The molecular formula is C23H19N3O3S2. The minimum Gasteiger partial charge on any atom is -0.298 e. The van der Waals surface area contributed by atoms with Gasteiger partial charge in [-0.3, -0.25) is 10.1 Å². The Kier molecular flexibility index (Phi) is 5.05. The number of hydrogen-bond donors (Lipinski definition) is 2. The Balaban J connectivity index is 1.34. The van der Waals surface area contributed by atoms with Gasteiger partial charge in [0.2, 0.25) is 10.0 Å². The lowest BCUT2D eigenvalue weighted by Gasteiger charge is -2.07. The second-order valence-electron chi connectivity index (χ2n) is 7.48. The SMILES string of the molecule is O=C(Nc1nc(-c2ccc3ccccc3c2)cs1)c1cccc(S(=O)(=O)NC2CC2)c1. The summed E-state index contributed by atoms with van der Waals surface area (Å²) in [6, 6.07) is 20.3. The van der Waals surface area contributed by atoms with E-state index in [0.29, 0.717) is 5.13 Å². The standard InChI is InChI=1S/C23H19N3O3S2/c27-22(18-6-3-7-20(13-18)31(28,29)26-19-10-11-19)25-23-24-21(14-30-23)17-9-8-15-4-1-2-5-16(15)12-17/h1-9,12-14,19,26H,10-11H2,(H,24,25,27). The van der Waals surface area contributed by atoms with Crippen molar-refractivity contribution in [3.63, 3.8) is 0 Å². The van der Waals surface area contributed by atoms with Gasteiger partial charge < -0.3 is 0 Å². The van der Waals surface area contributed by atoms with Crippen LogP contribution in [0, 0.1) is 0 Å². The molecular weight excluding hydrogens is 430 g/mol. The van der Waals surface area contributed by atoms with Crippen LogP contribution in [0.5, 0.6) is 0 Å². The second kappa shape index (κ2) is 7.88. The zero-order valence-electron chi connectivity index (χ0n) is 16.4. The topological polar surface area (TPSA) is 88.2 Å². The van der Waals surface area contributed by atoms with E-state index >= 15 is 0 Å². The summed E-state index contributed by atoms with van der Waals surface area (Å²) >= 11 is 1.33. The first-order chi connectivity index (χ1) is 15.0. The maximum Gasteiger partial charge on any atom is 0.257 e. The normalized spacial score (nSPS) is 13.9. The lowest BCUT2D eigenvalue weighted by atomic mass is 10.1. The maximum atomic E-state index is 12.7. The van der Waals surface area contributed by atoms with Crippen molar-refractivity contribution in [2.45, 2.75) is 23.8 Å². The van der Waals surface area contributed by atoms with E-state index in [1.54, 1.807) is 12.1 Å². The fourth-order valence-electron chi connectivity index (χ4n) is 3.27. The van der Waals surface area contributed by atoms with Gasteiger partial charge in [-0.25, -0.2) is 18.1 Å². The van der Waals surface area contributed by atoms with E-state index in [1.807, 2.05) is 35.7 Å². The van der Waals surface area contributed by atoms with Crippen LogP contribution in [0.3, 0.4) is 0 Å². The summed E-state index contributed by atoms with van der Waals surface area (Å²) in [6.45, 7) is 0. The summed E-state index contributed by atoms with van der Waals surface area (Å²) in [5.74, 6) is -0.400. The van der Waals surface area contributed by atoms with Crippen LogP contribution in [0.2, 0.25) is 0 Å². The van der Waals surface area contributed by atoms with Gasteiger partial charge in [0, 0.05) is 22.5 Å². The molecule has 0 unspecified atom stereocenters. The first kappa shape index (κ1) is 19.9. The number of nitrogens with zero attached hydrogens (tertiary/aromatic N) is 1. The van der Waals surface area contributed by atoms with E-state index in [1.165, 1.54) is 23.5 Å². The van der Waals surface area contributed by atoms with Crippen molar-refractivity contribution in [1.29, 1.82) is 0 Å². The van der Waals surface area contributed by atoms with Crippen LogP contribution in [-0.2, 0) is 10.0 Å². The monoisotopic (exact) mass is 449 g/mol. The summed E-state index contributed by atoms with van der Waals surface area (Å²) in [5.41, 5.74) is 2.01. The smallest absolute Gasteiger partial charge is 0.257 e. The molecule has 6 nitrogen and oxygen atoms in total. The molecule has 8 heteroatoms. The van der Waals surface area contributed by atoms with Crippen LogP contribution >= 0.6 is 11.3 Å². The van der Waals surface area contributed by atoms with Crippen LogP contribution in [0.15, 0.2) is 77.0 Å². The summed E-state index contributed by atoms with van der Waals surface area (Å²) < 4.78 is 27.5. The third-order valence-electron chi connectivity index (χ3n) is 5.08. The van der Waals surface area contributed by atoms with E-state index < -0.39 is 15.9 Å². The van der Waals surface area contributed by atoms with E-state index in [0.717, 1.165) is 34.9 Å². The molecule has 1 heterocycles. The van der Waals surface area contributed by atoms with Crippen molar-refractivity contribution < 1.29 is 13.2 Å². The van der Waals surface area contributed by atoms with Gasteiger partial charge >= 0.3 is 0 Å². The molecule has 0 spiro atoms. The molecule has 4 aromatic rings. The number of thiazole rings is 1. The summed E-state index contributed by atoms with van der Waals surface area (Å²) in [7, 11) is -3.62. The van der Waals surface area contributed by atoms with Gasteiger partial charge in [0.25, 0.3) is 5.91 Å². The first-order valence-corrected chi connectivity index (χ1v) is 12.2. The van der Waals surface area contributed by atoms with Crippen molar-refractivity contribution in [3.8, 4) is 11.3 Å². The Morgan fingerprint density at radius 2 is 1.77 bits per heavy atom. The quantitative estimate of drug-likeness (QED) is 0.448. The summed E-state index contributed by atoms with van der Waals surface area (Å²) in [6.07, 6.45) is 1.70. The van der Waals surface area contributed by atoms with Gasteiger partial charge in [-0.1, -0.05) is 42.5 Å². The van der Waals surface area contributed by atoms with Gasteiger partial charge in [0.05, 0.1) is 10.6 Å². The number of carbonyl (C=O) groups excluding carboxylic acids is 1. The molecule has 1 saturated carbocycles. The van der Waals surface area contributed by atoms with Crippen LogP contribution in [0.25, 0.3) is 22.0 Å². The average molecular weight is 450 g/mol.